The van der Waals surface area contributed by atoms with Gasteiger partial charge in [0.05, 0.1) is 6.61 Å². The van der Waals surface area contributed by atoms with Crippen molar-refractivity contribution in [3.63, 3.8) is 0 Å². The first-order valence-corrected chi connectivity index (χ1v) is 6.62. The number of hydrogen-bond acceptors (Lipinski definition) is 3. The Morgan fingerprint density at radius 2 is 2.06 bits per heavy atom. The molecule has 96 valence electrons. The zero-order valence-electron chi connectivity index (χ0n) is 10.6. The number of ether oxygens (including phenoxy) is 1. The molecule has 2 fully saturated rings. The molecule has 1 aliphatic heterocycles. The number of hydrogen-bond donors (Lipinski definition) is 0. The van der Waals surface area contributed by atoms with Crippen molar-refractivity contribution in [2.75, 3.05) is 13.2 Å². The molecule has 0 N–H and O–H groups in total. The maximum Gasteiger partial charge on any atom is 0.328 e. The Balaban J connectivity index is 2.01. The fourth-order valence-electron chi connectivity index (χ4n) is 2.56. The standard InChI is InChI=1S/C13H21NO3/c1-3-17-13(16)11-6-4-5-7-14(11)12(15)10-8-9(10)2/h9-11H,3-8H2,1-2H3. The van der Waals surface area contributed by atoms with Crippen LogP contribution in [0.2, 0.25) is 0 Å². The minimum atomic E-state index is -0.330. The SMILES string of the molecule is CCOC(=O)C1CCCCN1C(=O)C1CC1C. The van der Waals surface area contributed by atoms with Gasteiger partial charge >= 0.3 is 5.97 Å². The van der Waals surface area contributed by atoms with Crippen molar-refractivity contribution in [1.82, 2.24) is 4.90 Å². The molecule has 1 aliphatic carbocycles. The van der Waals surface area contributed by atoms with E-state index in [1.54, 1.807) is 11.8 Å². The molecular formula is C13H21NO3. The van der Waals surface area contributed by atoms with Crippen LogP contribution in [0.15, 0.2) is 0 Å². The molecule has 0 aromatic rings. The summed E-state index contributed by atoms with van der Waals surface area (Å²) in [6.45, 7) is 4.99. The zero-order valence-corrected chi connectivity index (χ0v) is 10.6. The molecule has 1 heterocycles. The summed E-state index contributed by atoms with van der Waals surface area (Å²) in [6.07, 6.45) is 3.74. The molecule has 3 atom stereocenters. The number of carbonyl (C=O) groups excluding carboxylic acids is 2. The number of carbonyl (C=O) groups is 2. The summed E-state index contributed by atoms with van der Waals surface area (Å²) in [6, 6.07) is -0.330. The minimum absolute atomic E-state index is 0.157. The van der Waals surface area contributed by atoms with Gasteiger partial charge in [-0.05, 0) is 38.5 Å². The topological polar surface area (TPSA) is 46.6 Å². The smallest absolute Gasteiger partial charge is 0.328 e. The van der Waals surface area contributed by atoms with Crippen LogP contribution < -0.4 is 0 Å². The molecule has 4 heteroatoms. The highest BCUT2D eigenvalue weighted by Crippen LogP contribution is 2.40. The lowest BCUT2D eigenvalue weighted by Gasteiger charge is -2.34. The number of likely N-dealkylation sites (tertiary alicyclic amines) is 1. The molecule has 2 aliphatic rings. The summed E-state index contributed by atoms with van der Waals surface area (Å²) < 4.78 is 5.06. The average molecular weight is 239 g/mol. The van der Waals surface area contributed by atoms with Crippen molar-refractivity contribution < 1.29 is 14.3 Å². The zero-order chi connectivity index (χ0) is 12.4. The summed E-state index contributed by atoms with van der Waals surface area (Å²) in [5.74, 6) is 0.585. The highest BCUT2D eigenvalue weighted by Gasteiger charge is 2.45. The van der Waals surface area contributed by atoms with Crippen LogP contribution in [0.25, 0.3) is 0 Å². The van der Waals surface area contributed by atoms with E-state index in [0.717, 1.165) is 25.7 Å². The van der Waals surface area contributed by atoms with Gasteiger partial charge in [-0.3, -0.25) is 4.79 Å². The van der Waals surface area contributed by atoms with Gasteiger partial charge in [0.15, 0.2) is 0 Å². The molecule has 1 saturated heterocycles. The maximum atomic E-state index is 12.2. The van der Waals surface area contributed by atoms with Gasteiger partial charge in [-0.15, -0.1) is 0 Å². The van der Waals surface area contributed by atoms with Crippen molar-refractivity contribution in [2.24, 2.45) is 11.8 Å². The van der Waals surface area contributed by atoms with Gasteiger partial charge in [0.2, 0.25) is 5.91 Å². The Labute approximate surface area is 102 Å². The van der Waals surface area contributed by atoms with Gasteiger partial charge in [0.1, 0.15) is 6.04 Å². The summed E-state index contributed by atoms with van der Waals surface area (Å²) in [7, 11) is 0. The molecule has 0 bridgehead atoms. The van der Waals surface area contributed by atoms with Crippen LogP contribution in [0.1, 0.15) is 39.5 Å². The van der Waals surface area contributed by atoms with E-state index >= 15 is 0 Å². The van der Waals surface area contributed by atoms with Crippen LogP contribution in [0.3, 0.4) is 0 Å². The first-order chi connectivity index (χ1) is 8.15. The fourth-order valence-corrected chi connectivity index (χ4v) is 2.56. The Morgan fingerprint density at radius 1 is 1.35 bits per heavy atom. The molecule has 0 aromatic carbocycles. The van der Waals surface area contributed by atoms with Crippen molar-refractivity contribution in [2.45, 2.75) is 45.6 Å². The second kappa shape index (κ2) is 5.07. The Bertz CT molecular complexity index is 316. The minimum Gasteiger partial charge on any atom is -0.464 e. The summed E-state index contributed by atoms with van der Waals surface area (Å²) in [4.78, 5) is 25.8. The lowest BCUT2D eigenvalue weighted by atomic mass is 10.0. The average Bonchev–Trinajstić information content (AvgIpc) is 3.06. The summed E-state index contributed by atoms with van der Waals surface area (Å²) >= 11 is 0. The van der Waals surface area contributed by atoms with Crippen LogP contribution >= 0.6 is 0 Å². The van der Waals surface area contributed by atoms with E-state index in [4.69, 9.17) is 4.74 Å². The number of nitrogens with zero attached hydrogens (tertiary/aromatic N) is 1. The molecular weight excluding hydrogens is 218 g/mol. The maximum absolute atomic E-state index is 12.2. The predicted molar refractivity (Wildman–Crippen MR) is 63.3 cm³/mol. The first kappa shape index (κ1) is 12.4. The highest BCUT2D eigenvalue weighted by molar-refractivity contribution is 5.87. The van der Waals surface area contributed by atoms with Crippen molar-refractivity contribution in [3.05, 3.63) is 0 Å². The van der Waals surface area contributed by atoms with Crippen LogP contribution in [-0.2, 0) is 14.3 Å². The van der Waals surface area contributed by atoms with E-state index in [1.807, 2.05) is 0 Å². The van der Waals surface area contributed by atoms with E-state index in [0.29, 0.717) is 19.1 Å². The predicted octanol–water partition coefficient (Wildman–Crippen LogP) is 1.59. The number of esters is 1. The molecule has 0 radical (unpaired) electrons. The van der Waals surface area contributed by atoms with E-state index in [-0.39, 0.29) is 23.8 Å². The third-order valence-electron chi connectivity index (χ3n) is 3.77. The molecule has 2 rings (SSSR count). The van der Waals surface area contributed by atoms with E-state index in [9.17, 15) is 9.59 Å². The normalized spacial score (nSPS) is 32.1. The monoisotopic (exact) mass is 239 g/mol. The van der Waals surface area contributed by atoms with Crippen molar-refractivity contribution in [3.8, 4) is 0 Å². The molecule has 0 aromatic heterocycles. The molecule has 1 amide bonds. The lowest BCUT2D eigenvalue weighted by molar-refractivity contribution is -0.157. The van der Waals surface area contributed by atoms with Gasteiger partial charge in [0.25, 0.3) is 0 Å². The lowest BCUT2D eigenvalue weighted by Crippen LogP contribution is -2.49. The molecule has 1 saturated carbocycles. The third kappa shape index (κ3) is 2.61. The van der Waals surface area contributed by atoms with Crippen LogP contribution in [0.4, 0.5) is 0 Å². The van der Waals surface area contributed by atoms with Gasteiger partial charge in [-0.25, -0.2) is 4.79 Å². The molecule has 17 heavy (non-hydrogen) atoms. The van der Waals surface area contributed by atoms with E-state index < -0.39 is 0 Å². The Kier molecular flexibility index (Phi) is 3.69. The molecule has 0 spiro atoms. The highest BCUT2D eigenvalue weighted by atomic mass is 16.5. The van der Waals surface area contributed by atoms with Crippen LogP contribution in [0, 0.1) is 11.8 Å². The number of amides is 1. The van der Waals surface area contributed by atoms with E-state index in [1.165, 1.54) is 0 Å². The van der Waals surface area contributed by atoms with Gasteiger partial charge in [-0.2, -0.15) is 0 Å². The Morgan fingerprint density at radius 3 is 2.65 bits per heavy atom. The molecule has 4 nitrogen and oxygen atoms in total. The van der Waals surface area contributed by atoms with Crippen LogP contribution in [-0.4, -0.2) is 36.0 Å². The van der Waals surface area contributed by atoms with Gasteiger partial charge < -0.3 is 9.64 Å². The van der Waals surface area contributed by atoms with Gasteiger partial charge in [0, 0.05) is 12.5 Å². The third-order valence-corrected chi connectivity index (χ3v) is 3.77. The van der Waals surface area contributed by atoms with Crippen LogP contribution in [0.5, 0.6) is 0 Å². The molecule has 3 unspecified atom stereocenters. The van der Waals surface area contributed by atoms with Crippen molar-refractivity contribution in [1.29, 1.82) is 0 Å². The number of rotatable bonds is 3. The first-order valence-electron chi connectivity index (χ1n) is 6.62. The van der Waals surface area contributed by atoms with E-state index in [2.05, 4.69) is 6.92 Å². The summed E-state index contributed by atoms with van der Waals surface area (Å²) in [5.41, 5.74) is 0. The second-order valence-electron chi connectivity index (χ2n) is 5.11. The largest absolute Gasteiger partial charge is 0.464 e. The number of piperidine rings is 1. The quantitative estimate of drug-likeness (QED) is 0.703. The van der Waals surface area contributed by atoms with Gasteiger partial charge in [-0.1, -0.05) is 6.92 Å². The van der Waals surface area contributed by atoms with Crippen molar-refractivity contribution >= 4 is 11.9 Å². The fraction of sp³-hybridized carbons (Fsp3) is 0.846. The second-order valence-corrected chi connectivity index (χ2v) is 5.11. The summed E-state index contributed by atoms with van der Waals surface area (Å²) in [5, 5.41) is 0. The Hall–Kier alpha value is -1.06.